The minimum absolute atomic E-state index is 0.0422. The third-order valence-corrected chi connectivity index (χ3v) is 4.60. The number of carboxylic acid groups (broad SMARTS) is 1. The van der Waals surface area contributed by atoms with Gasteiger partial charge in [-0.15, -0.1) is 0 Å². The van der Waals surface area contributed by atoms with Crippen molar-refractivity contribution in [2.75, 3.05) is 0 Å². The van der Waals surface area contributed by atoms with E-state index in [9.17, 15) is 9.90 Å². The summed E-state index contributed by atoms with van der Waals surface area (Å²) >= 11 is 0. The van der Waals surface area contributed by atoms with E-state index in [-0.39, 0.29) is 5.41 Å². The molecule has 0 radical (unpaired) electrons. The highest BCUT2D eigenvalue weighted by Gasteiger charge is 2.56. The van der Waals surface area contributed by atoms with E-state index in [0.717, 1.165) is 25.7 Å². The van der Waals surface area contributed by atoms with Gasteiger partial charge in [0.2, 0.25) is 0 Å². The van der Waals surface area contributed by atoms with Gasteiger partial charge in [-0.3, -0.25) is 4.79 Å². The van der Waals surface area contributed by atoms with E-state index in [4.69, 9.17) is 0 Å². The molecule has 3 unspecified atom stereocenters. The van der Waals surface area contributed by atoms with Crippen LogP contribution in [0.3, 0.4) is 0 Å². The van der Waals surface area contributed by atoms with Gasteiger partial charge in [0.15, 0.2) is 0 Å². The number of carboxylic acids is 1. The van der Waals surface area contributed by atoms with Gasteiger partial charge in [0.1, 0.15) is 0 Å². The molecule has 2 heteroatoms. The van der Waals surface area contributed by atoms with E-state index in [1.165, 1.54) is 6.42 Å². The van der Waals surface area contributed by atoms with Crippen LogP contribution in [0.15, 0.2) is 12.2 Å². The molecule has 0 aromatic carbocycles. The zero-order chi connectivity index (χ0) is 11.1. The van der Waals surface area contributed by atoms with E-state index in [1.54, 1.807) is 0 Å². The first-order valence-electron chi connectivity index (χ1n) is 5.97. The molecule has 84 valence electrons. The molecule has 2 nitrogen and oxygen atoms in total. The fraction of sp³-hybridized carbons (Fsp3) is 0.769. The molecule has 1 fully saturated rings. The normalized spacial score (nSPS) is 36.8. The molecule has 0 heterocycles. The molecule has 1 N–H and O–H groups in total. The van der Waals surface area contributed by atoms with Gasteiger partial charge in [-0.1, -0.05) is 25.5 Å². The fourth-order valence-corrected chi connectivity index (χ4v) is 3.50. The largest absolute Gasteiger partial charge is 0.481 e. The Morgan fingerprint density at radius 1 is 1.67 bits per heavy atom. The summed E-state index contributed by atoms with van der Waals surface area (Å²) < 4.78 is 0. The van der Waals surface area contributed by atoms with Gasteiger partial charge in [0, 0.05) is 5.41 Å². The predicted molar refractivity (Wildman–Crippen MR) is 59.6 cm³/mol. The van der Waals surface area contributed by atoms with Gasteiger partial charge < -0.3 is 5.11 Å². The van der Waals surface area contributed by atoms with E-state index >= 15 is 0 Å². The third kappa shape index (κ3) is 1.34. The lowest BCUT2D eigenvalue weighted by atomic mass is 9.62. The van der Waals surface area contributed by atoms with Crippen LogP contribution in [0.2, 0.25) is 0 Å². The molecular formula is C13H20O2. The Hall–Kier alpha value is -0.790. The van der Waals surface area contributed by atoms with Crippen LogP contribution in [0.5, 0.6) is 0 Å². The Labute approximate surface area is 91.4 Å². The number of rotatable bonds is 4. The van der Waals surface area contributed by atoms with Gasteiger partial charge in [0.25, 0.3) is 0 Å². The molecule has 0 spiro atoms. The van der Waals surface area contributed by atoms with Crippen LogP contribution in [0.25, 0.3) is 0 Å². The summed E-state index contributed by atoms with van der Waals surface area (Å²) in [7, 11) is 0. The van der Waals surface area contributed by atoms with Crippen molar-refractivity contribution in [1.82, 2.24) is 0 Å². The summed E-state index contributed by atoms with van der Waals surface area (Å²) in [5.74, 6) is 0.0390. The quantitative estimate of drug-likeness (QED) is 0.720. The third-order valence-electron chi connectivity index (χ3n) is 4.60. The Bertz CT molecular complexity index is 308. The number of hydrogen-bond acceptors (Lipinski definition) is 1. The summed E-state index contributed by atoms with van der Waals surface area (Å²) in [4.78, 5) is 11.5. The molecule has 0 saturated heterocycles. The Kier molecular flexibility index (Phi) is 2.40. The minimum atomic E-state index is -0.614. The Morgan fingerprint density at radius 3 is 2.73 bits per heavy atom. The smallest absolute Gasteiger partial charge is 0.310 e. The topological polar surface area (TPSA) is 37.3 Å². The lowest BCUT2D eigenvalue weighted by Crippen LogP contribution is -2.42. The van der Waals surface area contributed by atoms with Crippen LogP contribution in [-0.2, 0) is 4.79 Å². The molecule has 0 aromatic heterocycles. The second-order valence-corrected chi connectivity index (χ2v) is 5.41. The molecule has 15 heavy (non-hydrogen) atoms. The number of aliphatic carboxylic acids is 1. The average Bonchev–Trinajstić information content (AvgIpc) is 2.78. The number of hydrogen-bond donors (Lipinski definition) is 1. The first-order valence-corrected chi connectivity index (χ1v) is 5.97. The first-order chi connectivity index (χ1) is 7.04. The standard InChI is InChI=1S/C13H20O2/c1-3-6-12(2,11(14)15)13-7-4-10(9-13)5-8-13/h4,7,10H,3,5-6,8-9H2,1-2H3,(H,14,15). The van der Waals surface area contributed by atoms with Crippen molar-refractivity contribution in [3.05, 3.63) is 12.2 Å². The molecule has 0 aromatic rings. The fourth-order valence-electron chi connectivity index (χ4n) is 3.50. The molecule has 1 saturated carbocycles. The molecular weight excluding hydrogens is 188 g/mol. The lowest BCUT2D eigenvalue weighted by Gasteiger charge is -2.40. The molecule has 2 aliphatic rings. The zero-order valence-corrected chi connectivity index (χ0v) is 9.62. The van der Waals surface area contributed by atoms with Crippen LogP contribution in [0.1, 0.15) is 46.0 Å². The lowest BCUT2D eigenvalue weighted by molar-refractivity contribution is -0.155. The highest BCUT2D eigenvalue weighted by molar-refractivity contribution is 5.76. The van der Waals surface area contributed by atoms with Gasteiger partial charge in [0.05, 0.1) is 5.41 Å². The summed E-state index contributed by atoms with van der Waals surface area (Å²) in [5.41, 5.74) is -0.594. The number of allylic oxidation sites excluding steroid dienone is 2. The van der Waals surface area contributed by atoms with Gasteiger partial charge >= 0.3 is 5.97 Å². The van der Waals surface area contributed by atoms with Crippen molar-refractivity contribution in [3.8, 4) is 0 Å². The van der Waals surface area contributed by atoms with Crippen LogP contribution in [0.4, 0.5) is 0 Å². The maximum atomic E-state index is 11.5. The van der Waals surface area contributed by atoms with Crippen molar-refractivity contribution in [2.24, 2.45) is 16.7 Å². The Morgan fingerprint density at radius 2 is 2.40 bits per heavy atom. The highest BCUT2D eigenvalue weighted by atomic mass is 16.4. The van der Waals surface area contributed by atoms with Gasteiger partial charge in [-0.25, -0.2) is 0 Å². The second-order valence-electron chi connectivity index (χ2n) is 5.41. The summed E-state index contributed by atoms with van der Waals surface area (Å²) in [6, 6.07) is 0. The van der Waals surface area contributed by atoms with Crippen molar-refractivity contribution < 1.29 is 9.90 Å². The first kappa shape index (κ1) is 10.7. The van der Waals surface area contributed by atoms with Crippen LogP contribution < -0.4 is 0 Å². The van der Waals surface area contributed by atoms with Crippen LogP contribution in [0, 0.1) is 16.7 Å². The number of carbonyl (C=O) groups is 1. The molecule has 0 amide bonds. The molecule has 3 atom stereocenters. The predicted octanol–water partition coefficient (Wildman–Crippen LogP) is 3.23. The Balaban J connectivity index is 2.33. The number of fused-ring (bicyclic) bond motifs is 2. The van der Waals surface area contributed by atoms with Crippen LogP contribution >= 0.6 is 0 Å². The van der Waals surface area contributed by atoms with E-state index in [2.05, 4.69) is 19.1 Å². The average molecular weight is 208 g/mol. The van der Waals surface area contributed by atoms with Gasteiger partial charge in [-0.05, 0) is 38.5 Å². The second kappa shape index (κ2) is 3.36. The minimum Gasteiger partial charge on any atom is -0.481 e. The van der Waals surface area contributed by atoms with Crippen molar-refractivity contribution >= 4 is 5.97 Å². The maximum Gasteiger partial charge on any atom is 0.310 e. The molecule has 2 rings (SSSR count). The van der Waals surface area contributed by atoms with Crippen LogP contribution in [-0.4, -0.2) is 11.1 Å². The molecule has 2 bridgehead atoms. The maximum absolute atomic E-state index is 11.5. The SMILES string of the molecule is CCCC(C)(C(=O)O)C12C=CC(CC1)C2. The van der Waals surface area contributed by atoms with Crippen molar-refractivity contribution in [3.63, 3.8) is 0 Å². The summed E-state index contributed by atoms with van der Waals surface area (Å²) in [6.45, 7) is 4.01. The molecule has 0 aliphatic heterocycles. The monoisotopic (exact) mass is 208 g/mol. The van der Waals surface area contributed by atoms with E-state index in [1.807, 2.05) is 6.92 Å². The van der Waals surface area contributed by atoms with E-state index < -0.39 is 11.4 Å². The zero-order valence-electron chi connectivity index (χ0n) is 9.62. The van der Waals surface area contributed by atoms with E-state index in [0.29, 0.717) is 5.92 Å². The summed E-state index contributed by atoms with van der Waals surface area (Å²) in [5, 5.41) is 9.50. The van der Waals surface area contributed by atoms with Crippen molar-refractivity contribution in [1.29, 1.82) is 0 Å². The van der Waals surface area contributed by atoms with Crippen molar-refractivity contribution in [2.45, 2.75) is 46.0 Å². The summed E-state index contributed by atoms with van der Waals surface area (Å²) in [6.07, 6.45) is 9.49. The van der Waals surface area contributed by atoms with Gasteiger partial charge in [-0.2, -0.15) is 0 Å². The highest BCUT2D eigenvalue weighted by Crippen LogP contribution is 2.60. The molecule has 2 aliphatic carbocycles.